The van der Waals surface area contributed by atoms with E-state index in [4.69, 9.17) is 30.6 Å². The van der Waals surface area contributed by atoms with Gasteiger partial charge in [0.05, 0.1) is 40.0 Å². The number of hydrogen-bond acceptors (Lipinski definition) is 5. The van der Waals surface area contributed by atoms with Crippen molar-refractivity contribution in [1.29, 1.82) is 0 Å². The number of methoxy groups -OCH3 is 3. The molecule has 0 spiro atoms. The molecule has 1 rings (SSSR count). The summed E-state index contributed by atoms with van der Waals surface area (Å²) in [6, 6.07) is 1.68. The molecule has 0 saturated heterocycles. The fraction of sp³-hybridized carbons (Fsp3) is 0.455. The van der Waals surface area contributed by atoms with Gasteiger partial charge in [-0.25, -0.2) is 0 Å². The number of halogens is 1. The zero-order chi connectivity index (χ0) is 12.8. The molecular formula is C11H16ClNO4. The summed E-state index contributed by atoms with van der Waals surface area (Å²) >= 11 is 6.15. The van der Waals surface area contributed by atoms with Crippen LogP contribution in [0.4, 0.5) is 0 Å². The van der Waals surface area contributed by atoms with E-state index in [9.17, 15) is 0 Å². The number of nitrogens with one attached hydrogen (secondary N) is 1. The van der Waals surface area contributed by atoms with Gasteiger partial charge in [-0.05, 0) is 0 Å². The molecule has 0 bridgehead atoms. The topological polar surface area (TPSA) is 49.0 Å². The molecule has 0 aliphatic carbocycles. The summed E-state index contributed by atoms with van der Waals surface area (Å²) < 4.78 is 15.7. The van der Waals surface area contributed by atoms with Crippen molar-refractivity contribution in [1.82, 2.24) is 5.48 Å². The molecule has 0 aliphatic heterocycles. The van der Waals surface area contributed by atoms with Crippen molar-refractivity contribution >= 4 is 11.6 Å². The van der Waals surface area contributed by atoms with Gasteiger partial charge in [0.1, 0.15) is 0 Å². The molecule has 0 saturated carbocycles. The maximum absolute atomic E-state index is 6.15. The number of hydroxylamine groups is 1. The largest absolute Gasteiger partial charge is 0.493 e. The molecule has 0 aliphatic rings. The Morgan fingerprint density at radius 1 is 1.06 bits per heavy atom. The lowest BCUT2D eigenvalue weighted by Gasteiger charge is -2.17. The van der Waals surface area contributed by atoms with Crippen LogP contribution < -0.4 is 19.7 Å². The molecule has 1 aromatic carbocycles. The summed E-state index contributed by atoms with van der Waals surface area (Å²) in [5.74, 6) is 1.56. The highest BCUT2D eigenvalue weighted by Gasteiger charge is 2.19. The molecule has 1 aromatic rings. The second kappa shape index (κ2) is 6.54. The van der Waals surface area contributed by atoms with Crippen LogP contribution in [-0.4, -0.2) is 28.4 Å². The molecule has 0 unspecified atom stereocenters. The van der Waals surface area contributed by atoms with Gasteiger partial charge in [0.15, 0.2) is 11.5 Å². The van der Waals surface area contributed by atoms with Crippen molar-refractivity contribution in [3.05, 3.63) is 16.7 Å². The fourth-order valence-electron chi connectivity index (χ4n) is 1.50. The zero-order valence-corrected chi connectivity index (χ0v) is 11.1. The average molecular weight is 262 g/mol. The summed E-state index contributed by atoms with van der Waals surface area (Å²) in [5.41, 5.74) is 3.45. The van der Waals surface area contributed by atoms with Gasteiger partial charge < -0.3 is 19.0 Å². The minimum absolute atomic E-state index is 0.402. The molecule has 0 fully saturated rings. The first-order chi connectivity index (χ1) is 8.19. The third kappa shape index (κ3) is 2.94. The Labute approximate surface area is 106 Å². The molecule has 0 heterocycles. The summed E-state index contributed by atoms with van der Waals surface area (Å²) in [6.07, 6.45) is 0. The molecule has 5 nitrogen and oxygen atoms in total. The minimum Gasteiger partial charge on any atom is -0.493 e. The number of rotatable bonds is 6. The van der Waals surface area contributed by atoms with Crippen LogP contribution in [0.25, 0.3) is 0 Å². The van der Waals surface area contributed by atoms with E-state index >= 15 is 0 Å². The Hall–Kier alpha value is -1.17. The van der Waals surface area contributed by atoms with Gasteiger partial charge in [-0.1, -0.05) is 11.6 Å². The van der Waals surface area contributed by atoms with Gasteiger partial charge in [-0.3, -0.25) is 0 Å². The molecule has 0 aromatic heterocycles. The lowest BCUT2D eigenvalue weighted by Crippen LogP contribution is -2.12. The molecule has 96 valence electrons. The van der Waals surface area contributed by atoms with Gasteiger partial charge in [0.25, 0.3) is 0 Å². The Morgan fingerprint density at radius 3 is 2.18 bits per heavy atom. The highest BCUT2D eigenvalue weighted by atomic mass is 35.5. The summed E-state index contributed by atoms with van der Waals surface area (Å²) in [5, 5.41) is 0.518. The van der Waals surface area contributed by atoms with Crippen molar-refractivity contribution in [2.45, 2.75) is 6.54 Å². The van der Waals surface area contributed by atoms with Crippen LogP contribution >= 0.6 is 11.6 Å². The third-order valence-corrected chi connectivity index (χ3v) is 2.61. The maximum atomic E-state index is 6.15. The molecular weight excluding hydrogens is 246 g/mol. The minimum atomic E-state index is 0.402. The van der Waals surface area contributed by atoms with Crippen LogP contribution in [0.15, 0.2) is 6.07 Å². The molecule has 17 heavy (non-hydrogen) atoms. The van der Waals surface area contributed by atoms with E-state index in [2.05, 4.69) is 5.48 Å². The smallest absolute Gasteiger partial charge is 0.203 e. The third-order valence-electron chi connectivity index (χ3n) is 2.27. The molecule has 0 atom stereocenters. The van der Waals surface area contributed by atoms with Gasteiger partial charge in [-0.15, -0.1) is 0 Å². The molecule has 0 radical (unpaired) electrons. The Kier molecular flexibility index (Phi) is 5.34. The highest BCUT2D eigenvalue weighted by molar-refractivity contribution is 6.31. The lowest BCUT2D eigenvalue weighted by atomic mass is 10.1. The van der Waals surface area contributed by atoms with Crippen molar-refractivity contribution in [2.75, 3.05) is 28.4 Å². The van der Waals surface area contributed by atoms with Crippen molar-refractivity contribution < 1.29 is 19.0 Å². The van der Waals surface area contributed by atoms with Crippen LogP contribution in [0.5, 0.6) is 17.2 Å². The van der Waals surface area contributed by atoms with Crippen LogP contribution in [0.2, 0.25) is 5.02 Å². The SMILES string of the molecule is CONCc1c(Cl)cc(OC)c(OC)c1OC. The highest BCUT2D eigenvalue weighted by Crippen LogP contribution is 2.43. The van der Waals surface area contributed by atoms with Crippen LogP contribution in [0.3, 0.4) is 0 Å². The van der Waals surface area contributed by atoms with Gasteiger partial charge in [-0.2, -0.15) is 5.48 Å². The van der Waals surface area contributed by atoms with Gasteiger partial charge >= 0.3 is 0 Å². The lowest BCUT2D eigenvalue weighted by molar-refractivity contribution is 0.0860. The quantitative estimate of drug-likeness (QED) is 0.794. The maximum Gasteiger partial charge on any atom is 0.203 e. The van der Waals surface area contributed by atoms with Crippen molar-refractivity contribution in [3.63, 3.8) is 0 Å². The summed E-state index contributed by atoms with van der Waals surface area (Å²) in [6.45, 7) is 0.402. The van der Waals surface area contributed by atoms with E-state index in [1.807, 2.05) is 0 Å². The van der Waals surface area contributed by atoms with E-state index in [-0.39, 0.29) is 0 Å². The van der Waals surface area contributed by atoms with E-state index in [1.54, 1.807) is 27.4 Å². The first-order valence-electron chi connectivity index (χ1n) is 4.92. The first-order valence-corrected chi connectivity index (χ1v) is 5.30. The predicted molar refractivity (Wildman–Crippen MR) is 65.0 cm³/mol. The second-order valence-electron chi connectivity index (χ2n) is 3.13. The van der Waals surface area contributed by atoms with Gasteiger partial charge in [0, 0.05) is 11.6 Å². The van der Waals surface area contributed by atoms with E-state index in [0.29, 0.717) is 28.8 Å². The molecule has 0 amide bonds. The fourth-order valence-corrected chi connectivity index (χ4v) is 1.75. The Balaban J connectivity index is 3.27. The van der Waals surface area contributed by atoms with Crippen LogP contribution in [0, 0.1) is 0 Å². The number of ether oxygens (including phenoxy) is 3. The molecule has 6 heteroatoms. The van der Waals surface area contributed by atoms with E-state index in [0.717, 1.165) is 5.56 Å². The summed E-state index contributed by atoms with van der Waals surface area (Å²) in [4.78, 5) is 4.79. The predicted octanol–water partition coefficient (Wildman–Crippen LogP) is 2.02. The first kappa shape index (κ1) is 13.9. The number of hydrogen-bond donors (Lipinski definition) is 1. The average Bonchev–Trinajstić information content (AvgIpc) is 2.35. The number of benzene rings is 1. The van der Waals surface area contributed by atoms with Crippen molar-refractivity contribution in [3.8, 4) is 17.2 Å². The Bertz CT molecular complexity index is 384. The summed E-state index contributed by atoms with van der Waals surface area (Å²) in [7, 11) is 6.16. The van der Waals surface area contributed by atoms with E-state index < -0.39 is 0 Å². The van der Waals surface area contributed by atoms with E-state index in [1.165, 1.54) is 7.11 Å². The Morgan fingerprint density at radius 2 is 1.71 bits per heavy atom. The molecule has 1 N–H and O–H groups in total. The monoisotopic (exact) mass is 261 g/mol. The normalized spacial score (nSPS) is 10.2. The zero-order valence-electron chi connectivity index (χ0n) is 10.3. The van der Waals surface area contributed by atoms with Gasteiger partial charge in [0.2, 0.25) is 5.75 Å². The van der Waals surface area contributed by atoms with Crippen LogP contribution in [0.1, 0.15) is 5.56 Å². The second-order valence-corrected chi connectivity index (χ2v) is 3.54. The standard InChI is InChI=1S/C11H16ClNO4/c1-14-9-5-8(12)7(6-13-17-4)10(15-2)11(9)16-3/h5,13H,6H2,1-4H3. The van der Waals surface area contributed by atoms with Crippen LogP contribution in [-0.2, 0) is 11.4 Å². The van der Waals surface area contributed by atoms with Crippen molar-refractivity contribution in [2.24, 2.45) is 0 Å².